The van der Waals surface area contributed by atoms with Crippen LogP contribution in [-0.4, -0.2) is 35.3 Å². The van der Waals surface area contributed by atoms with Crippen molar-refractivity contribution in [1.29, 1.82) is 0 Å². The molecule has 0 aliphatic heterocycles. The van der Waals surface area contributed by atoms with E-state index in [0.717, 1.165) is 0 Å². The van der Waals surface area contributed by atoms with Crippen LogP contribution in [0.25, 0.3) is 0 Å². The van der Waals surface area contributed by atoms with E-state index in [1.54, 1.807) is 6.07 Å². The molecule has 1 rings (SSSR count). The van der Waals surface area contributed by atoms with E-state index in [1.165, 1.54) is 26.4 Å². The van der Waals surface area contributed by atoms with E-state index in [-0.39, 0.29) is 5.56 Å². The highest BCUT2D eigenvalue weighted by Gasteiger charge is 2.32. The van der Waals surface area contributed by atoms with Crippen LogP contribution in [0.2, 0.25) is 0 Å². The number of nitrogens with one attached hydrogen (secondary N) is 1. The quantitative estimate of drug-likeness (QED) is 0.656. The summed E-state index contributed by atoms with van der Waals surface area (Å²) in [5.74, 6) is 0.235. The lowest BCUT2D eigenvalue weighted by Crippen LogP contribution is -2.43. The third kappa shape index (κ3) is 4.31. The molecule has 5 nitrogen and oxygen atoms in total. The molecule has 0 saturated carbocycles. The van der Waals surface area contributed by atoms with Crippen molar-refractivity contribution in [2.75, 3.05) is 14.2 Å². The number of hydrogen-bond acceptors (Lipinski definition) is 4. The summed E-state index contributed by atoms with van der Waals surface area (Å²) in [6.45, 7) is 0. The van der Waals surface area contributed by atoms with Crippen LogP contribution in [0, 0.1) is 0 Å². The van der Waals surface area contributed by atoms with Gasteiger partial charge in [0.15, 0.2) is 17.7 Å². The molecule has 0 aliphatic rings. The average Bonchev–Trinajstić information content (AvgIpc) is 2.36. The van der Waals surface area contributed by atoms with Gasteiger partial charge in [-0.25, -0.2) is 0 Å². The van der Waals surface area contributed by atoms with E-state index in [9.17, 15) is 9.90 Å². The maximum atomic E-state index is 11.8. The molecule has 19 heavy (non-hydrogen) atoms. The van der Waals surface area contributed by atoms with Crippen LogP contribution in [0.1, 0.15) is 10.4 Å². The van der Waals surface area contributed by atoms with E-state index < -0.39 is 15.9 Å². The van der Waals surface area contributed by atoms with Gasteiger partial charge in [0.1, 0.15) is 0 Å². The van der Waals surface area contributed by atoms with Crippen molar-refractivity contribution < 1.29 is 19.4 Å². The number of carbonyl (C=O) groups is 1. The summed E-state index contributed by atoms with van der Waals surface area (Å²) in [4.78, 5) is 11.8. The van der Waals surface area contributed by atoms with Crippen molar-refractivity contribution in [2.24, 2.45) is 0 Å². The molecule has 0 saturated heterocycles. The molecule has 0 heterocycles. The van der Waals surface area contributed by atoms with Crippen LogP contribution in [0.3, 0.4) is 0 Å². The highest BCUT2D eigenvalue weighted by Crippen LogP contribution is 2.30. The molecule has 1 atom stereocenters. The van der Waals surface area contributed by atoms with Gasteiger partial charge < -0.3 is 19.9 Å². The largest absolute Gasteiger partial charge is 0.493 e. The van der Waals surface area contributed by atoms with Gasteiger partial charge in [0, 0.05) is 5.56 Å². The van der Waals surface area contributed by atoms with Crippen molar-refractivity contribution >= 4 is 40.7 Å². The Hall–Kier alpha value is -0.880. The zero-order valence-electron chi connectivity index (χ0n) is 10.1. The summed E-state index contributed by atoms with van der Waals surface area (Å²) in [5, 5.41) is 11.6. The fraction of sp³-hybridized carbons (Fsp3) is 0.364. The third-order valence-corrected chi connectivity index (χ3v) is 2.84. The number of hydrogen-bond donors (Lipinski definition) is 2. The highest BCUT2D eigenvalue weighted by molar-refractivity contribution is 6.68. The zero-order valence-corrected chi connectivity index (χ0v) is 12.4. The van der Waals surface area contributed by atoms with E-state index in [0.29, 0.717) is 11.5 Å². The minimum absolute atomic E-state index is 0.228. The van der Waals surface area contributed by atoms with Gasteiger partial charge in [-0.2, -0.15) is 0 Å². The number of rotatable bonds is 4. The van der Waals surface area contributed by atoms with Gasteiger partial charge in [0.2, 0.25) is 3.79 Å². The molecule has 0 radical (unpaired) electrons. The first-order valence-corrected chi connectivity index (χ1v) is 6.20. The summed E-state index contributed by atoms with van der Waals surface area (Å²) in [6, 6.07) is 4.48. The lowest BCUT2D eigenvalue weighted by molar-refractivity contribution is 0.0791. The zero-order chi connectivity index (χ0) is 14.6. The third-order valence-electron chi connectivity index (χ3n) is 2.22. The predicted molar refractivity (Wildman–Crippen MR) is 73.3 cm³/mol. The predicted octanol–water partition coefficient (Wildman–Crippen LogP) is 2.12. The number of amides is 1. The number of alkyl halides is 3. The Kier molecular flexibility index (Phi) is 5.55. The Morgan fingerprint density at radius 2 is 1.84 bits per heavy atom. The molecule has 1 aromatic carbocycles. The van der Waals surface area contributed by atoms with Crippen molar-refractivity contribution in [3.63, 3.8) is 0 Å². The first kappa shape index (κ1) is 16.2. The van der Waals surface area contributed by atoms with Crippen molar-refractivity contribution in [3.05, 3.63) is 23.8 Å². The number of aliphatic hydroxyl groups excluding tert-OH is 1. The summed E-state index contributed by atoms with van der Waals surface area (Å²) in [7, 11) is 2.92. The lowest BCUT2D eigenvalue weighted by Gasteiger charge is -2.20. The van der Waals surface area contributed by atoms with Crippen LogP contribution in [-0.2, 0) is 0 Å². The maximum Gasteiger partial charge on any atom is 0.253 e. The summed E-state index contributed by atoms with van der Waals surface area (Å²) in [6.07, 6.45) is -1.63. The van der Waals surface area contributed by atoms with Crippen LogP contribution in [0.4, 0.5) is 0 Å². The first-order chi connectivity index (χ1) is 8.79. The molecule has 106 valence electrons. The molecule has 1 amide bonds. The molecule has 0 spiro atoms. The van der Waals surface area contributed by atoms with Gasteiger partial charge in [-0.05, 0) is 18.2 Å². The number of benzene rings is 1. The van der Waals surface area contributed by atoms with E-state index >= 15 is 0 Å². The monoisotopic (exact) mass is 327 g/mol. The smallest absolute Gasteiger partial charge is 0.253 e. The molecule has 0 bridgehead atoms. The van der Waals surface area contributed by atoms with Crippen molar-refractivity contribution in [1.82, 2.24) is 5.32 Å². The minimum atomic E-state index is -2.01. The normalized spacial score (nSPS) is 12.7. The topological polar surface area (TPSA) is 67.8 Å². The van der Waals surface area contributed by atoms with Gasteiger partial charge in [-0.15, -0.1) is 0 Å². The number of aliphatic hydroxyl groups is 1. The SMILES string of the molecule is COc1ccc(C(=O)N[C@H](O)C(Cl)(Cl)Cl)cc1OC. The van der Waals surface area contributed by atoms with Gasteiger partial charge in [0.25, 0.3) is 5.91 Å². The Morgan fingerprint density at radius 3 is 2.32 bits per heavy atom. The molecule has 8 heteroatoms. The number of methoxy groups -OCH3 is 2. The van der Waals surface area contributed by atoms with E-state index in [1.807, 2.05) is 0 Å². The Morgan fingerprint density at radius 1 is 1.26 bits per heavy atom. The van der Waals surface area contributed by atoms with Crippen LogP contribution in [0.5, 0.6) is 11.5 Å². The second kappa shape index (κ2) is 6.52. The number of carbonyl (C=O) groups excluding carboxylic acids is 1. The number of halogens is 3. The lowest BCUT2D eigenvalue weighted by atomic mass is 10.2. The Labute approximate surface area is 125 Å². The van der Waals surface area contributed by atoms with Crippen LogP contribution in [0.15, 0.2) is 18.2 Å². The average molecular weight is 329 g/mol. The maximum absolute atomic E-state index is 11.8. The fourth-order valence-electron chi connectivity index (χ4n) is 1.27. The Balaban J connectivity index is 2.89. The molecule has 0 aromatic heterocycles. The standard InChI is InChI=1S/C11H12Cl3NO4/c1-18-7-4-3-6(5-8(7)19-2)9(16)15-10(17)11(12,13)14/h3-5,10,17H,1-2H3,(H,15,16)/t10-/m1/s1. The van der Waals surface area contributed by atoms with Gasteiger partial charge >= 0.3 is 0 Å². The molecular formula is C11H12Cl3NO4. The second-order valence-corrected chi connectivity index (χ2v) is 5.86. The van der Waals surface area contributed by atoms with Crippen LogP contribution >= 0.6 is 34.8 Å². The van der Waals surface area contributed by atoms with Crippen LogP contribution < -0.4 is 14.8 Å². The Bertz CT molecular complexity index is 462. The van der Waals surface area contributed by atoms with Gasteiger partial charge in [0.05, 0.1) is 14.2 Å². The summed E-state index contributed by atoms with van der Waals surface area (Å²) in [5.41, 5.74) is 0.228. The van der Waals surface area contributed by atoms with E-state index in [2.05, 4.69) is 5.32 Å². The summed E-state index contributed by atoms with van der Waals surface area (Å²) < 4.78 is 8.08. The summed E-state index contributed by atoms with van der Waals surface area (Å²) >= 11 is 16.3. The molecule has 1 aromatic rings. The van der Waals surface area contributed by atoms with Gasteiger partial charge in [-0.3, -0.25) is 4.79 Å². The molecule has 0 unspecified atom stereocenters. The van der Waals surface area contributed by atoms with Crippen molar-refractivity contribution in [2.45, 2.75) is 10.0 Å². The van der Waals surface area contributed by atoms with E-state index in [4.69, 9.17) is 44.3 Å². The van der Waals surface area contributed by atoms with Gasteiger partial charge in [-0.1, -0.05) is 34.8 Å². The molecule has 2 N–H and O–H groups in total. The highest BCUT2D eigenvalue weighted by atomic mass is 35.6. The molecular weight excluding hydrogens is 316 g/mol. The fourth-order valence-corrected chi connectivity index (χ4v) is 1.43. The van der Waals surface area contributed by atoms with Crippen molar-refractivity contribution in [3.8, 4) is 11.5 Å². The second-order valence-electron chi connectivity index (χ2n) is 3.49. The first-order valence-electron chi connectivity index (χ1n) is 5.07. The number of ether oxygens (including phenoxy) is 2. The molecule has 0 fully saturated rings. The minimum Gasteiger partial charge on any atom is -0.493 e. The molecule has 0 aliphatic carbocycles.